The van der Waals surface area contributed by atoms with Crippen LogP contribution in [0.5, 0.6) is 5.75 Å². The lowest BCUT2D eigenvalue weighted by molar-refractivity contribution is 0.302. The molecule has 3 heterocycles. The Bertz CT molecular complexity index is 1920. The number of sulfonamides is 1. The first-order valence-electron chi connectivity index (χ1n) is 14.1. The minimum Gasteiger partial charge on any atom is -0.493 e. The van der Waals surface area contributed by atoms with E-state index in [1.54, 1.807) is 36.7 Å². The maximum atomic E-state index is 13.6. The molecule has 1 fully saturated rings. The first-order valence-corrected chi connectivity index (χ1v) is 15.5. The number of hydrogen-bond acceptors (Lipinski definition) is 7. The van der Waals surface area contributed by atoms with Crippen LogP contribution in [0.15, 0.2) is 76.7 Å². The molecule has 1 aliphatic rings. The second kappa shape index (κ2) is 11.3. The van der Waals surface area contributed by atoms with E-state index in [0.29, 0.717) is 54.0 Å². The van der Waals surface area contributed by atoms with Crippen LogP contribution in [0.4, 0.5) is 0 Å². The molecule has 1 N–H and O–H groups in total. The van der Waals surface area contributed by atoms with Crippen LogP contribution in [0.1, 0.15) is 25.3 Å². The van der Waals surface area contributed by atoms with E-state index in [-0.39, 0.29) is 22.3 Å². The average Bonchev–Trinajstić information content (AvgIpc) is 3.64. The molecular formula is C31H34N6O4S. The van der Waals surface area contributed by atoms with Crippen molar-refractivity contribution < 1.29 is 13.2 Å². The number of likely N-dealkylation sites (N-methyl/N-ethyl adjacent to an activating group) is 1. The lowest BCUT2D eigenvalue weighted by atomic mass is 10.1. The zero-order chi connectivity index (χ0) is 29.4. The molecule has 11 heteroatoms. The minimum atomic E-state index is -3.76. The van der Waals surface area contributed by atoms with E-state index in [2.05, 4.69) is 9.97 Å². The number of aromatic nitrogens is 4. The van der Waals surface area contributed by atoms with Crippen LogP contribution in [-0.4, -0.2) is 77.0 Å². The molecule has 218 valence electrons. The molecule has 6 rings (SSSR count). The fraction of sp³-hybridized carbons (Fsp3) is 0.323. The van der Waals surface area contributed by atoms with E-state index in [9.17, 15) is 13.2 Å². The molecule has 1 atom stereocenters. The van der Waals surface area contributed by atoms with Gasteiger partial charge in [0.25, 0.3) is 5.56 Å². The van der Waals surface area contributed by atoms with Gasteiger partial charge in [0.1, 0.15) is 11.6 Å². The second-order valence-electron chi connectivity index (χ2n) is 10.9. The molecule has 5 aromatic rings. The average molecular weight is 587 g/mol. The summed E-state index contributed by atoms with van der Waals surface area (Å²) in [6, 6.07) is 18.6. The second-order valence-corrected chi connectivity index (χ2v) is 12.8. The normalized spacial score (nSPS) is 16.1. The van der Waals surface area contributed by atoms with Gasteiger partial charge in [-0.3, -0.25) is 4.79 Å². The fourth-order valence-corrected chi connectivity index (χ4v) is 6.94. The molecule has 0 unspecified atom stereocenters. The summed E-state index contributed by atoms with van der Waals surface area (Å²) in [7, 11) is 0.162. The molecule has 42 heavy (non-hydrogen) atoms. The number of fused-ring (bicyclic) bond motifs is 2. The Labute approximate surface area is 244 Å². The predicted octanol–water partition coefficient (Wildman–Crippen LogP) is 4.10. The summed E-state index contributed by atoms with van der Waals surface area (Å²) < 4.78 is 36.8. The van der Waals surface area contributed by atoms with Crippen LogP contribution in [0.25, 0.3) is 33.3 Å². The number of aromatic amines is 1. The molecular weight excluding hydrogens is 552 g/mol. The molecule has 0 amide bonds. The highest BCUT2D eigenvalue weighted by atomic mass is 32.2. The van der Waals surface area contributed by atoms with Crippen molar-refractivity contribution in [3.63, 3.8) is 0 Å². The van der Waals surface area contributed by atoms with E-state index in [1.807, 2.05) is 60.8 Å². The van der Waals surface area contributed by atoms with Gasteiger partial charge in [0, 0.05) is 25.7 Å². The van der Waals surface area contributed by atoms with Gasteiger partial charge in [-0.15, -0.1) is 0 Å². The largest absolute Gasteiger partial charge is 0.493 e. The summed E-state index contributed by atoms with van der Waals surface area (Å²) >= 11 is 0. The Balaban J connectivity index is 1.41. The zero-order valence-corrected chi connectivity index (χ0v) is 24.8. The third-order valence-corrected chi connectivity index (χ3v) is 9.67. The van der Waals surface area contributed by atoms with Crippen molar-refractivity contribution in [1.29, 1.82) is 0 Å². The number of rotatable bonds is 9. The van der Waals surface area contributed by atoms with Crippen LogP contribution in [0.2, 0.25) is 0 Å². The van der Waals surface area contributed by atoms with Gasteiger partial charge in [0.2, 0.25) is 10.0 Å². The number of ether oxygens (including phenoxy) is 1. The maximum Gasteiger partial charge on any atom is 0.259 e. The first kappa shape index (κ1) is 28.1. The van der Waals surface area contributed by atoms with E-state index < -0.39 is 10.0 Å². The van der Waals surface area contributed by atoms with Gasteiger partial charge in [-0.25, -0.2) is 18.4 Å². The highest BCUT2D eigenvalue weighted by Crippen LogP contribution is 2.33. The SMILES string of the molecule is CCCOc1ccc(S(=O)(=O)N2CC[C@H](N(C)C)C2)cc1-c1nc2cc3ncn(Cc4ccccc4)c3cc2c(=O)[nH]1. The smallest absolute Gasteiger partial charge is 0.259 e. The standard InChI is InChI=1S/C31H34N6O4S/c1-4-14-41-29-11-10-23(42(39,40)37-13-12-22(19-37)35(2)3)15-25(29)30-33-26-17-27-28(16-24(26)31(38)34-30)36(20-32-27)18-21-8-6-5-7-9-21/h5-11,15-17,20,22H,4,12-14,18-19H2,1-3H3,(H,33,34,38)/t22-/m0/s1. The van der Waals surface area contributed by atoms with Crippen LogP contribution >= 0.6 is 0 Å². The van der Waals surface area contributed by atoms with Gasteiger partial charge in [-0.2, -0.15) is 4.31 Å². The number of nitrogens with zero attached hydrogens (tertiary/aromatic N) is 5. The summed E-state index contributed by atoms with van der Waals surface area (Å²) in [6.07, 6.45) is 3.30. The van der Waals surface area contributed by atoms with Gasteiger partial charge in [0.15, 0.2) is 0 Å². The number of H-pyrrole nitrogens is 1. The minimum absolute atomic E-state index is 0.138. The molecule has 1 aliphatic heterocycles. The molecule has 2 aromatic heterocycles. The molecule has 0 bridgehead atoms. The van der Waals surface area contributed by atoms with E-state index in [1.165, 1.54) is 4.31 Å². The highest BCUT2D eigenvalue weighted by Gasteiger charge is 2.34. The molecule has 1 saturated heterocycles. The van der Waals surface area contributed by atoms with Crippen molar-refractivity contribution in [3.05, 3.63) is 82.9 Å². The third-order valence-electron chi connectivity index (χ3n) is 7.81. The van der Waals surface area contributed by atoms with Gasteiger partial charge in [-0.1, -0.05) is 37.3 Å². The van der Waals surface area contributed by atoms with E-state index in [0.717, 1.165) is 23.9 Å². The quantitative estimate of drug-likeness (QED) is 0.277. The van der Waals surface area contributed by atoms with Crippen molar-refractivity contribution in [2.24, 2.45) is 0 Å². The molecule has 3 aromatic carbocycles. The molecule has 10 nitrogen and oxygen atoms in total. The number of imidazole rings is 1. The van der Waals surface area contributed by atoms with Crippen LogP contribution < -0.4 is 10.3 Å². The Morgan fingerprint density at radius 1 is 1.07 bits per heavy atom. The van der Waals surface area contributed by atoms with Crippen molar-refractivity contribution in [2.45, 2.75) is 37.2 Å². The lowest BCUT2D eigenvalue weighted by Crippen LogP contribution is -2.34. The summed E-state index contributed by atoms with van der Waals surface area (Å²) in [4.78, 5) is 27.8. The summed E-state index contributed by atoms with van der Waals surface area (Å²) in [5, 5.41) is 0.424. The monoisotopic (exact) mass is 586 g/mol. The Hall–Kier alpha value is -4.06. The zero-order valence-electron chi connectivity index (χ0n) is 23.9. The maximum absolute atomic E-state index is 13.6. The van der Waals surface area contributed by atoms with Crippen molar-refractivity contribution in [2.75, 3.05) is 33.8 Å². The molecule has 0 aliphatic carbocycles. The predicted molar refractivity (Wildman–Crippen MR) is 163 cm³/mol. The molecule has 0 saturated carbocycles. The number of hydrogen-bond donors (Lipinski definition) is 1. The number of benzene rings is 3. The molecule has 0 spiro atoms. The van der Waals surface area contributed by atoms with Gasteiger partial charge in [0.05, 0.1) is 45.3 Å². The Kier molecular flexibility index (Phi) is 7.56. The Morgan fingerprint density at radius 3 is 2.62 bits per heavy atom. The van der Waals surface area contributed by atoms with Gasteiger partial charge < -0.3 is 19.2 Å². The van der Waals surface area contributed by atoms with Crippen LogP contribution in [-0.2, 0) is 16.6 Å². The van der Waals surface area contributed by atoms with Crippen LogP contribution in [0, 0.1) is 0 Å². The van der Waals surface area contributed by atoms with Gasteiger partial charge >= 0.3 is 0 Å². The lowest BCUT2D eigenvalue weighted by Gasteiger charge is -2.21. The van der Waals surface area contributed by atoms with E-state index in [4.69, 9.17) is 9.72 Å². The topological polar surface area (TPSA) is 113 Å². The molecule has 0 radical (unpaired) electrons. The van der Waals surface area contributed by atoms with E-state index >= 15 is 0 Å². The fourth-order valence-electron chi connectivity index (χ4n) is 5.42. The van der Waals surface area contributed by atoms with Crippen molar-refractivity contribution in [3.8, 4) is 17.1 Å². The Morgan fingerprint density at radius 2 is 1.88 bits per heavy atom. The first-order chi connectivity index (χ1) is 20.2. The van der Waals surface area contributed by atoms with Gasteiger partial charge in [-0.05, 0) is 62.8 Å². The van der Waals surface area contributed by atoms with Crippen molar-refractivity contribution >= 4 is 32.0 Å². The summed E-state index contributed by atoms with van der Waals surface area (Å²) in [5.74, 6) is 0.699. The number of nitrogens with one attached hydrogen (secondary N) is 1. The van der Waals surface area contributed by atoms with Crippen LogP contribution in [0.3, 0.4) is 0 Å². The summed E-state index contributed by atoms with van der Waals surface area (Å²) in [6.45, 7) is 3.93. The highest BCUT2D eigenvalue weighted by molar-refractivity contribution is 7.89. The third kappa shape index (κ3) is 5.31. The van der Waals surface area contributed by atoms with Crippen molar-refractivity contribution in [1.82, 2.24) is 28.7 Å². The summed E-state index contributed by atoms with van der Waals surface area (Å²) in [5.41, 5.74) is 3.22.